The highest BCUT2D eigenvalue weighted by atomic mass is 16.6. The summed E-state index contributed by atoms with van der Waals surface area (Å²) in [6.45, 7) is 7.46. The molecule has 5 heteroatoms. The fourth-order valence-corrected chi connectivity index (χ4v) is 2.72. The largest absolute Gasteiger partial charge is 0.444 e. The Morgan fingerprint density at radius 3 is 1.96 bits per heavy atom. The van der Waals surface area contributed by atoms with Crippen LogP contribution in [-0.4, -0.2) is 17.6 Å². The fraction of sp³-hybridized carbons (Fsp3) is 0.556. The van der Waals surface area contributed by atoms with Crippen LogP contribution in [0.4, 0.5) is 16.2 Å². The van der Waals surface area contributed by atoms with Crippen molar-refractivity contribution in [3.8, 4) is 0 Å². The SMILES string of the molecule is CC(C)(C)OC(=O)Nc1ccc(NC(=O)C2(C)CCCC2)cc1. The molecule has 0 atom stereocenters. The van der Waals surface area contributed by atoms with Gasteiger partial charge in [0.2, 0.25) is 5.91 Å². The summed E-state index contributed by atoms with van der Waals surface area (Å²) in [5, 5.41) is 5.63. The first-order valence-electron chi connectivity index (χ1n) is 8.09. The molecule has 0 heterocycles. The lowest BCUT2D eigenvalue weighted by Gasteiger charge is -2.22. The maximum Gasteiger partial charge on any atom is 0.412 e. The molecule has 0 saturated heterocycles. The van der Waals surface area contributed by atoms with E-state index < -0.39 is 11.7 Å². The molecule has 0 bridgehead atoms. The number of benzene rings is 1. The molecule has 1 fully saturated rings. The Kier molecular flexibility index (Phi) is 4.97. The van der Waals surface area contributed by atoms with Crippen LogP contribution in [0.1, 0.15) is 53.4 Å². The third-order valence-corrected chi connectivity index (χ3v) is 4.04. The van der Waals surface area contributed by atoms with E-state index in [-0.39, 0.29) is 11.3 Å². The summed E-state index contributed by atoms with van der Waals surface area (Å²) in [5.74, 6) is 0.0721. The second-order valence-corrected chi connectivity index (χ2v) is 7.43. The minimum Gasteiger partial charge on any atom is -0.444 e. The van der Waals surface area contributed by atoms with Crippen molar-refractivity contribution in [3.05, 3.63) is 24.3 Å². The van der Waals surface area contributed by atoms with Crippen LogP contribution >= 0.6 is 0 Å². The molecule has 2 amide bonds. The summed E-state index contributed by atoms with van der Waals surface area (Å²) in [6.07, 6.45) is 3.62. The Bertz CT molecular complexity index is 567. The van der Waals surface area contributed by atoms with Crippen LogP contribution in [0.3, 0.4) is 0 Å². The molecule has 0 aromatic heterocycles. The van der Waals surface area contributed by atoms with Crippen molar-refractivity contribution in [3.63, 3.8) is 0 Å². The Hall–Kier alpha value is -2.04. The number of hydrogen-bond acceptors (Lipinski definition) is 3. The Labute approximate surface area is 137 Å². The molecule has 0 aliphatic heterocycles. The molecule has 0 unspecified atom stereocenters. The number of rotatable bonds is 3. The van der Waals surface area contributed by atoms with Crippen molar-refractivity contribution in [2.24, 2.45) is 5.41 Å². The molecule has 1 aromatic rings. The van der Waals surface area contributed by atoms with Gasteiger partial charge in [0.15, 0.2) is 0 Å². The van der Waals surface area contributed by atoms with Gasteiger partial charge in [0.05, 0.1) is 0 Å². The summed E-state index contributed by atoms with van der Waals surface area (Å²) in [7, 11) is 0. The number of hydrogen-bond donors (Lipinski definition) is 2. The van der Waals surface area contributed by atoms with E-state index >= 15 is 0 Å². The molecule has 1 aliphatic carbocycles. The van der Waals surface area contributed by atoms with Gasteiger partial charge in [-0.2, -0.15) is 0 Å². The second kappa shape index (κ2) is 6.60. The van der Waals surface area contributed by atoms with E-state index in [1.807, 2.05) is 27.7 Å². The topological polar surface area (TPSA) is 67.4 Å². The van der Waals surface area contributed by atoms with Crippen molar-refractivity contribution >= 4 is 23.4 Å². The fourth-order valence-electron chi connectivity index (χ4n) is 2.72. The summed E-state index contributed by atoms with van der Waals surface area (Å²) in [6, 6.07) is 7.05. The van der Waals surface area contributed by atoms with Crippen LogP contribution in [0.5, 0.6) is 0 Å². The van der Waals surface area contributed by atoms with Crippen LogP contribution in [0.2, 0.25) is 0 Å². The van der Waals surface area contributed by atoms with E-state index in [4.69, 9.17) is 4.74 Å². The summed E-state index contributed by atoms with van der Waals surface area (Å²) in [4.78, 5) is 24.1. The van der Waals surface area contributed by atoms with Crippen molar-refractivity contribution in [1.29, 1.82) is 0 Å². The zero-order valence-electron chi connectivity index (χ0n) is 14.4. The molecule has 2 N–H and O–H groups in total. The van der Waals surface area contributed by atoms with Crippen LogP contribution in [-0.2, 0) is 9.53 Å². The Morgan fingerprint density at radius 1 is 1.00 bits per heavy atom. The van der Waals surface area contributed by atoms with Gasteiger partial charge in [0.25, 0.3) is 0 Å². The molecular formula is C18H26N2O3. The van der Waals surface area contributed by atoms with E-state index in [0.29, 0.717) is 5.69 Å². The molecule has 126 valence electrons. The molecule has 0 radical (unpaired) electrons. The number of amides is 2. The quantitative estimate of drug-likeness (QED) is 0.859. The van der Waals surface area contributed by atoms with Crippen LogP contribution in [0.15, 0.2) is 24.3 Å². The maximum absolute atomic E-state index is 12.4. The standard InChI is InChI=1S/C18H26N2O3/c1-17(2,3)23-16(22)20-14-9-7-13(8-10-14)19-15(21)18(4)11-5-6-12-18/h7-10H,5-6,11-12H2,1-4H3,(H,19,21)(H,20,22). The van der Waals surface area contributed by atoms with Gasteiger partial charge >= 0.3 is 6.09 Å². The molecule has 5 nitrogen and oxygen atoms in total. The van der Waals surface area contributed by atoms with Crippen molar-refractivity contribution in [2.75, 3.05) is 10.6 Å². The monoisotopic (exact) mass is 318 g/mol. The minimum absolute atomic E-state index is 0.0721. The first-order valence-corrected chi connectivity index (χ1v) is 8.09. The van der Waals surface area contributed by atoms with E-state index in [1.165, 1.54) is 0 Å². The highest BCUT2D eigenvalue weighted by molar-refractivity contribution is 5.95. The molecule has 0 spiro atoms. The zero-order valence-corrected chi connectivity index (χ0v) is 14.4. The first-order chi connectivity index (χ1) is 10.7. The van der Waals surface area contributed by atoms with Gasteiger partial charge in [-0.3, -0.25) is 10.1 Å². The van der Waals surface area contributed by atoms with Gasteiger partial charge in [-0.05, 0) is 57.9 Å². The predicted molar refractivity (Wildman–Crippen MR) is 91.5 cm³/mol. The smallest absolute Gasteiger partial charge is 0.412 e. The van der Waals surface area contributed by atoms with Crippen LogP contribution in [0.25, 0.3) is 0 Å². The molecular weight excluding hydrogens is 292 g/mol. The van der Waals surface area contributed by atoms with Gasteiger partial charge < -0.3 is 10.1 Å². The zero-order chi connectivity index (χ0) is 17.1. The minimum atomic E-state index is -0.533. The van der Waals surface area contributed by atoms with Gasteiger partial charge in [-0.15, -0.1) is 0 Å². The van der Waals surface area contributed by atoms with Crippen LogP contribution in [0, 0.1) is 5.41 Å². The highest BCUT2D eigenvalue weighted by Crippen LogP contribution is 2.38. The molecule has 23 heavy (non-hydrogen) atoms. The van der Waals surface area contributed by atoms with Crippen molar-refractivity contribution < 1.29 is 14.3 Å². The lowest BCUT2D eigenvalue weighted by atomic mass is 9.88. The van der Waals surface area contributed by atoms with E-state index in [1.54, 1.807) is 24.3 Å². The van der Waals surface area contributed by atoms with Gasteiger partial charge in [-0.1, -0.05) is 19.8 Å². The molecule has 2 rings (SSSR count). The third kappa shape index (κ3) is 4.98. The number of carbonyl (C=O) groups is 2. The lowest BCUT2D eigenvalue weighted by molar-refractivity contribution is -0.124. The maximum atomic E-state index is 12.4. The Morgan fingerprint density at radius 2 is 1.48 bits per heavy atom. The average Bonchev–Trinajstić information content (AvgIpc) is 2.87. The van der Waals surface area contributed by atoms with Crippen molar-refractivity contribution in [2.45, 2.75) is 59.0 Å². The average molecular weight is 318 g/mol. The van der Waals surface area contributed by atoms with Gasteiger partial charge in [0, 0.05) is 16.8 Å². The first kappa shape index (κ1) is 17.3. The Balaban J connectivity index is 1.92. The van der Waals surface area contributed by atoms with E-state index in [9.17, 15) is 9.59 Å². The van der Waals surface area contributed by atoms with E-state index in [0.717, 1.165) is 31.4 Å². The van der Waals surface area contributed by atoms with Gasteiger partial charge in [-0.25, -0.2) is 4.79 Å². The predicted octanol–water partition coefficient (Wildman–Crippen LogP) is 4.55. The molecule has 1 aromatic carbocycles. The van der Waals surface area contributed by atoms with Crippen molar-refractivity contribution in [1.82, 2.24) is 0 Å². The second-order valence-electron chi connectivity index (χ2n) is 7.43. The summed E-state index contributed by atoms with van der Waals surface area (Å²) < 4.78 is 5.20. The number of nitrogens with one attached hydrogen (secondary N) is 2. The summed E-state index contributed by atoms with van der Waals surface area (Å²) >= 11 is 0. The molecule has 1 aliphatic rings. The highest BCUT2D eigenvalue weighted by Gasteiger charge is 2.36. The molecule has 1 saturated carbocycles. The summed E-state index contributed by atoms with van der Waals surface area (Å²) in [5.41, 5.74) is 0.574. The normalized spacial score (nSPS) is 16.7. The number of ether oxygens (including phenoxy) is 1. The van der Waals surface area contributed by atoms with Crippen LogP contribution < -0.4 is 10.6 Å². The third-order valence-electron chi connectivity index (χ3n) is 4.04. The number of carbonyl (C=O) groups excluding carboxylic acids is 2. The number of anilines is 2. The van der Waals surface area contributed by atoms with E-state index in [2.05, 4.69) is 10.6 Å². The van der Waals surface area contributed by atoms with Gasteiger partial charge in [0.1, 0.15) is 5.60 Å². The lowest BCUT2D eigenvalue weighted by Crippen LogP contribution is -2.30.